The molecule has 4 aromatic rings. The third kappa shape index (κ3) is 6.24. The molecule has 0 heterocycles. The first-order valence-electron chi connectivity index (χ1n) is 10.5. The van der Waals surface area contributed by atoms with Gasteiger partial charge in [-0.1, -0.05) is 48.5 Å². The van der Waals surface area contributed by atoms with E-state index in [4.69, 9.17) is 4.18 Å². The van der Waals surface area contributed by atoms with Crippen LogP contribution < -0.4 is 20.1 Å². The molecule has 0 aliphatic carbocycles. The molecule has 3 amide bonds. The molecule has 9 heteroatoms. The van der Waals surface area contributed by atoms with Gasteiger partial charge in [0.1, 0.15) is 4.90 Å². The van der Waals surface area contributed by atoms with Gasteiger partial charge in [-0.15, -0.1) is 0 Å². The van der Waals surface area contributed by atoms with Crippen molar-refractivity contribution in [3.8, 4) is 5.75 Å². The molecule has 0 atom stereocenters. The number of anilines is 3. The van der Waals surface area contributed by atoms with Gasteiger partial charge < -0.3 is 20.1 Å². The molecule has 0 saturated heterocycles. The molecule has 4 aromatic carbocycles. The molecule has 35 heavy (non-hydrogen) atoms. The molecule has 0 aliphatic heterocycles. The van der Waals surface area contributed by atoms with Crippen LogP contribution in [0, 0.1) is 0 Å². The van der Waals surface area contributed by atoms with Gasteiger partial charge in [0.25, 0.3) is 5.91 Å². The van der Waals surface area contributed by atoms with E-state index in [1.807, 2.05) is 6.07 Å². The zero-order valence-corrected chi connectivity index (χ0v) is 19.2. The number of carbonyl (C=O) groups excluding carboxylic acids is 2. The van der Waals surface area contributed by atoms with Crippen LogP contribution in [0.15, 0.2) is 114 Å². The van der Waals surface area contributed by atoms with Crippen LogP contribution in [0.25, 0.3) is 0 Å². The normalized spacial score (nSPS) is 10.7. The molecule has 8 nitrogen and oxygen atoms in total. The molecule has 0 saturated carbocycles. The first-order chi connectivity index (χ1) is 16.9. The highest BCUT2D eigenvalue weighted by Gasteiger charge is 2.19. The maximum atomic E-state index is 12.8. The Morgan fingerprint density at radius 3 is 1.86 bits per heavy atom. The van der Waals surface area contributed by atoms with Crippen LogP contribution in [0.2, 0.25) is 0 Å². The largest absolute Gasteiger partial charge is 0.377 e. The summed E-state index contributed by atoms with van der Waals surface area (Å²) in [6.07, 6.45) is 0. The third-order valence-corrected chi connectivity index (χ3v) is 6.05. The highest BCUT2D eigenvalue weighted by atomic mass is 32.2. The Bertz CT molecular complexity index is 1430. The number of urea groups is 1. The predicted molar refractivity (Wildman–Crippen MR) is 134 cm³/mol. The number of amides is 3. The van der Waals surface area contributed by atoms with E-state index in [9.17, 15) is 18.0 Å². The lowest BCUT2D eigenvalue weighted by Gasteiger charge is -2.13. The van der Waals surface area contributed by atoms with E-state index < -0.39 is 16.1 Å². The summed E-state index contributed by atoms with van der Waals surface area (Å²) in [5, 5.41) is 7.96. The molecule has 4 rings (SSSR count). The van der Waals surface area contributed by atoms with Gasteiger partial charge in [0.15, 0.2) is 5.75 Å². The summed E-state index contributed by atoms with van der Waals surface area (Å²) in [5.41, 5.74) is 1.66. The van der Waals surface area contributed by atoms with E-state index >= 15 is 0 Å². The summed E-state index contributed by atoms with van der Waals surface area (Å²) in [5.74, 6) is -0.358. The summed E-state index contributed by atoms with van der Waals surface area (Å²) < 4.78 is 31.0. The van der Waals surface area contributed by atoms with Gasteiger partial charge in [-0.3, -0.25) is 4.79 Å². The molecule has 0 unspecified atom stereocenters. The van der Waals surface area contributed by atoms with Crippen LogP contribution in [0.1, 0.15) is 10.4 Å². The maximum absolute atomic E-state index is 12.8. The standard InChI is InChI=1S/C26H21N3O5S/c30-25(19-9-3-1-4-10-19)27-21-15-17-22(18-16-21)35(32,33)34-24-14-8-7-13-23(24)29-26(31)28-20-11-5-2-6-12-20/h1-18H,(H,27,30)(H2,28,29,31). The Hall–Kier alpha value is -4.63. The fourth-order valence-corrected chi connectivity index (χ4v) is 4.06. The monoisotopic (exact) mass is 487 g/mol. The van der Waals surface area contributed by atoms with Gasteiger partial charge in [0, 0.05) is 16.9 Å². The lowest BCUT2D eigenvalue weighted by molar-refractivity contribution is 0.102. The Balaban J connectivity index is 1.44. The highest BCUT2D eigenvalue weighted by Crippen LogP contribution is 2.28. The number of nitrogens with one attached hydrogen (secondary N) is 3. The molecule has 176 valence electrons. The molecule has 0 aliphatic rings. The summed E-state index contributed by atoms with van der Waals surface area (Å²) in [7, 11) is -4.21. The minimum absolute atomic E-state index is 0.0443. The number of rotatable bonds is 7. The fraction of sp³-hybridized carbons (Fsp3) is 0. The van der Waals surface area contributed by atoms with Gasteiger partial charge in [-0.2, -0.15) is 8.42 Å². The molecule has 0 spiro atoms. The fourth-order valence-electron chi connectivity index (χ4n) is 3.11. The van der Waals surface area contributed by atoms with Crippen LogP contribution in [-0.2, 0) is 10.1 Å². The van der Waals surface area contributed by atoms with E-state index in [2.05, 4.69) is 16.0 Å². The number of hydrogen-bond acceptors (Lipinski definition) is 5. The van der Waals surface area contributed by atoms with Crippen LogP contribution >= 0.6 is 0 Å². The van der Waals surface area contributed by atoms with Crippen molar-refractivity contribution in [2.24, 2.45) is 0 Å². The van der Waals surface area contributed by atoms with Gasteiger partial charge in [0.2, 0.25) is 0 Å². The number of carbonyl (C=O) groups is 2. The average Bonchev–Trinajstić information content (AvgIpc) is 2.86. The number of benzene rings is 4. The lowest BCUT2D eigenvalue weighted by atomic mass is 10.2. The average molecular weight is 488 g/mol. The Kier molecular flexibility index (Phi) is 7.08. The van der Waals surface area contributed by atoms with Gasteiger partial charge in [-0.05, 0) is 60.7 Å². The summed E-state index contributed by atoms with van der Waals surface area (Å²) in [6.45, 7) is 0. The summed E-state index contributed by atoms with van der Waals surface area (Å²) >= 11 is 0. The van der Waals surface area contributed by atoms with E-state index in [1.165, 1.54) is 36.4 Å². The predicted octanol–water partition coefficient (Wildman–Crippen LogP) is 5.35. The van der Waals surface area contributed by atoms with Crippen molar-refractivity contribution >= 4 is 39.1 Å². The van der Waals surface area contributed by atoms with Crippen molar-refractivity contribution in [1.29, 1.82) is 0 Å². The molecular formula is C26H21N3O5S. The zero-order chi connectivity index (χ0) is 24.7. The topological polar surface area (TPSA) is 114 Å². The highest BCUT2D eigenvalue weighted by molar-refractivity contribution is 7.87. The van der Waals surface area contributed by atoms with Crippen molar-refractivity contribution in [3.63, 3.8) is 0 Å². The minimum atomic E-state index is -4.21. The van der Waals surface area contributed by atoms with Crippen molar-refractivity contribution < 1.29 is 22.2 Å². The van der Waals surface area contributed by atoms with Crippen LogP contribution in [0.4, 0.5) is 21.9 Å². The molecule has 0 bridgehead atoms. The minimum Gasteiger partial charge on any atom is -0.377 e. The van der Waals surface area contributed by atoms with Crippen molar-refractivity contribution in [2.45, 2.75) is 4.90 Å². The van der Waals surface area contributed by atoms with Gasteiger partial charge in [-0.25, -0.2) is 4.79 Å². The van der Waals surface area contributed by atoms with Gasteiger partial charge in [0.05, 0.1) is 5.69 Å². The SMILES string of the molecule is O=C(Nc1ccccc1)Nc1ccccc1OS(=O)(=O)c1ccc(NC(=O)c2ccccc2)cc1. The van der Waals surface area contributed by atoms with Crippen molar-refractivity contribution in [3.05, 3.63) is 115 Å². The van der Waals surface area contributed by atoms with Crippen molar-refractivity contribution in [1.82, 2.24) is 0 Å². The first kappa shape index (κ1) is 23.5. The summed E-state index contributed by atoms with van der Waals surface area (Å²) in [4.78, 5) is 24.5. The van der Waals surface area contributed by atoms with Crippen LogP contribution in [0.5, 0.6) is 5.75 Å². The Morgan fingerprint density at radius 1 is 0.600 bits per heavy atom. The van der Waals surface area contributed by atoms with E-state index in [0.717, 1.165) is 0 Å². The third-order valence-electron chi connectivity index (χ3n) is 4.80. The van der Waals surface area contributed by atoms with Crippen LogP contribution in [0.3, 0.4) is 0 Å². The molecule has 0 aromatic heterocycles. The molecule has 0 radical (unpaired) electrons. The number of para-hydroxylation sites is 3. The van der Waals surface area contributed by atoms with E-state index in [0.29, 0.717) is 16.9 Å². The second-order valence-corrected chi connectivity index (χ2v) is 8.87. The van der Waals surface area contributed by atoms with Gasteiger partial charge >= 0.3 is 16.1 Å². The van der Waals surface area contributed by atoms with Crippen LogP contribution in [-0.4, -0.2) is 20.4 Å². The number of hydrogen-bond donors (Lipinski definition) is 3. The second kappa shape index (κ2) is 10.5. The van der Waals surface area contributed by atoms with E-state index in [-0.39, 0.29) is 22.2 Å². The smallest absolute Gasteiger partial charge is 0.339 e. The lowest BCUT2D eigenvalue weighted by Crippen LogP contribution is -2.20. The zero-order valence-electron chi connectivity index (χ0n) is 18.3. The Morgan fingerprint density at radius 2 is 1.17 bits per heavy atom. The molecule has 0 fully saturated rings. The Labute approximate surface area is 202 Å². The quantitative estimate of drug-likeness (QED) is 0.304. The molecular weight excluding hydrogens is 466 g/mol. The molecule has 3 N–H and O–H groups in total. The maximum Gasteiger partial charge on any atom is 0.339 e. The first-order valence-corrected chi connectivity index (χ1v) is 11.9. The van der Waals surface area contributed by atoms with E-state index in [1.54, 1.807) is 66.7 Å². The summed E-state index contributed by atoms with van der Waals surface area (Å²) in [6, 6.07) is 28.7. The second-order valence-electron chi connectivity index (χ2n) is 7.32. The van der Waals surface area contributed by atoms with Crippen molar-refractivity contribution in [2.75, 3.05) is 16.0 Å².